The first-order valence-corrected chi connectivity index (χ1v) is 6.69. The second-order valence-corrected chi connectivity index (χ2v) is 4.67. The fourth-order valence-electron chi connectivity index (χ4n) is 1.75. The molecule has 2 aromatic rings. The molecular weight excluding hydrogens is 276 g/mol. The number of hydrogen-bond acceptors (Lipinski definition) is 5. The van der Waals surface area contributed by atoms with Gasteiger partial charge in [0, 0.05) is 6.54 Å². The van der Waals surface area contributed by atoms with E-state index in [1.165, 1.54) is 18.9 Å². The second-order valence-electron chi connectivity index (χ2n) is 4.26. The van der Waals surface area contributed by atoms with Crippen LogP contribution in [0.4, 0.5) is 5.82 Å². The Bertz CT molecular complexity index is 560. The molecular formula is C14H17ClN4O. The number of nitrogens with one attached hydrogen (secondary N) is 1. The maximum Gasteiger partial charge on any atom is 0.318 e. The standard InChI is InChI=1S/C14H17ClN4O/c1-20-14-18-9-12(15)13(19-14)17-8-11-4-2-10(3-5-11)6-7-16/h2-5,9H,6-8,16H2,1H3,(H,17,18,19). The van der Waals surface area contributed by atoms with Gasteiger partial charge >= 0.3 is 6.01 Å². The van der Waals surface area contributed by atoms with Crippen molar-refractivity contribution in [2.75, 3.05) is 19.0 Å². The molecule has 0 atom stereocenters. The minimum atomic E-state index is 0.287. The lowest BCUT2D eigenvalue weighted by Crippen LogP contribution is -2.05. The molecule has 0 radical (unpaired) electrons. The maximum absolute atomic E-state index is 6.03. The van der Waals surface area contributed by atoms with Crippen LogP contribution in [0.15, 0.2) is 30.5 Å². The lowest BCUT2D eigenvalue weighted by molar-refractivity contribution is 0.380. The summed E-state index contributed by atoms with van der Waals surface area (Å²) >= 11 is 6.03. The minimum Gasteiger partial charge on any atom is -0.467 e. The van der Waals surface area contributed by atoms with Crippen molar-refractivity contribution in [2.45, 2.75) is 13.0 Å². The van der Waals surface area contributed by atoms with Crippen LogP contribution in [0.2, 0.25) is 5.02 Å². The van der Waals surface area contributed by atoms with Crippen LogP contribution in [-0.2, 0) is 13.0 Å². The molecule has 0 saturated heterocycles. The molecule has 0 fully saturated rings. The zero-order chi connectivity index (χ0) is 14.4. The van der Waals surface area contributed by atoms with Gasteiger partial charge in [-0.2, -0.15) is 4.98 Å². The van der Waals surface area contributed by atoms with Crippen LogP contribution in [0, 0.1) is 0 Å². The molecule has 1 aromatic heterocycles. The molecule has 0 bridgehead atoms. The number of rotatable bonds is 6. The molecule has 106 valence electrons. The Balaban J connectivity index is 2.01. The van der Waals surface area contributed by atoms with Crippen molar-refractivity contribution in [1.29, 1.82) is 0 Å². The van der Waals surface area contributed by atoms with Crippen molar-refractivity contribution in [3.05, 3.63) is 46.6 Å². The Kier molecular flexibility index (Phi) is 5.15. The Labute approximate surface area is 123 Å². The largest absolute Gasteiger partial charge is 0.467 e. The highest BCUT2D eigenvalue weighted by molar-refractivity contribution is 6.32. The summed E-state index contributed by atoms with van der Waals surface area (Å²) in [4.78, 5) is 8.09. The Morgan fingerprint density at radius 1 is 1.25 bits per heavy atom. The summed E-state index contributed by atoms with van der Waals surface area (Å²) in [5, 5.41) is 3.63. The Hall–Kier alpha value is -1.85. The third-order valence-electron chi connectivity index (χ3n) is 2.82. The third kappa shape index (κ3) is 3.82. The SMILES string of the molecule is COc1ncc(Cl)c(NCc2ccc(CCN)cc2)n1. The van der Waals surface area contributed by atoms with Crippen LogP contribution in [0.5, 0.6) is 6.01 Å². The molecule has 2 rings (SSSR count). The highest BCUT2D eigenvalue weighted by Crippen LogP contribution is 2.20. The lowest BCUT2D eigenvalue weighted by atomic mass is 10.1. The van der Waals surface area contributed by atoms with E-state index in [4.69, 9.17) is 22.1 Å². The van der Waals surface area contributed by atoms with E-state index in [2.05, 4.69) is 39.6 Å². The predicted molar refractivity (Wildman–Crippen MR) is 80.1 cm³/mol. The summed E-state index contributed by atoms with van der Waals surface area (Å²) < 4.78 is 4.97. The van der Waals surface area contributed by atoms with Gasteiger partial charge < -0.3 is 15.8 Å². The average molecular weight is 293 g/mol. The van der Waals surface area contributed by atoms with E-state index in [0.717, 1.165) is 12.0 Å². The molecule has 0 unspecified atom stereocenters. The van der Waals surface area contributed by atoms with E-state index in [1.807, 2.05) is 0 Å². The van der Waals surface area contributed by atoms with E-state index < -0.39 is 0 Å². The molecule has 0 aliphatic carbocycles. The predicted octanol–water partition coefficient (Wildman–Crippen LogP) is 2.25. The quantitative estimate of drug-likeness (QED) is 0.854. The number of benzene rings is 1. The number of methoxy groups -OCH3 is 1. The molecule has 3 N–H and O–H groups in total. The van der Waals surface area contributed by atoms with Crippen LogP contribution in [0.1, 0.15) is 11.1 Å². The monoisotopic (exact) mass is 292 g/mol. The molecule has 5 nitrogen and oxygen atoms in total. The van der Waals surface area contributed by atoms with Crippen molar-refractivity contribution in [2.24, 2.45) is 5.73 Å². The van der Waals surface area contributed by atoms with E-state index in [9.17, 15) is 0 Å². The highest BCUT2D eigenvalue weighted by atomic mass is 35.5. The van der Waals surface area contributed by atoms with E-state index in [-0.39, 0.29) is 6.01 Å². The number of nitrogens with two attached hydrogens (primary N) is 1. The van der Waals surface area contributed by atoms with Crippen LogP contribution < -0.4 is 15.8 Å². The molecule has 0 spiro atoms. The maximum atomic E-state index is 6.03. The molecule has 0 amide bonds. The molecule has 0 aliphatic rings. The minimum absolute atomic E-state index is 0.287. The van der Waals surface area contributed by atoms with E-state index in [1.54, 1.807) is 0 Å². The zero-order valence-corrected chi connectivity index (χ0v) is 12.0. The Morgan fingerprint density at radius 2 is 1.95 bits per heavy atom. The van der Waals surface area contributed by atoms with Gasteiger partial charge in [-0.25, -0.2) is 4.98 Å². The molecule has 0 aliphatic heterocycles. The highest BCUT2D eigenvalue weighted by Gasteiger charge is 2.05. The van der Waals surface area contributed by atoms with Gasteiger partial charge in [-0.3, -0.25) is 0 Å². The summed E-state index contributed by atoms with van der Waals surface area (Å²) in [6.07, 6.45) is 2.41. The smallest absolute Gasteiger partial charge is 0.318 e. The van der Waals surface area contributed by atoms with Gasteiger partial charge in [0.15, 0.2) is 5.82 Å². The van der Waals surface area contributed by atoms with Gasteiger partial charge in [0.05, 0.1) is 13.3 Å². The number of ether oxygens (including phenoxy) is 1. The van der Waals surface area contributed by atoms with Crippen molar-refractivity contribution in [3.8, 4) is 6.01 Å². The van der Waals surface area contributed by atoms with Gasteiger partial charge in [0.1, 0.15) is 5.02 Å². The second kappa shape index (κ2) is 7.07. The molecule has 6 heteroatoms. The summed E-state index contributed by atoms with van der Waals surface area (Å²) in [5.41, 5.74) is 7.90. The number of nitrogens with zero attached hydrogens (tertiary/aromatic N) is 2. The van der Waals surface area contributed by atoms with Crippen LogP contribution >= 0.6 is 11.6 Å². The number of aromatic nitrogens is 2. The first-order valence-electron chi connectivity index (χ1n) is 6.31. The van der Waals surface area contributed by atoms with Crippen molar-refractivity contribution < 1.29 is 4.74 Å². The molecule has 20 heavy (non-hydrogen) atoms. The topological polar surface area (TPSA) is 73.1 Å². The normalized spacial score (nSPS) is 10.3. The van der Waals surface area contributed by atoms with Gasteiger partial charge in [0.25, 0.3) is 0 Å². The summed E-state index contributed by atoms with van der Waals surface area (Å²) in [5.74, 6) is 0.560. The average Bonchev–Trinajstić information content (AvgIpc) is 2.48. The fourth-order valence-corrected chi connectivity index (χ4v) is 1.91. The van der Waals surface area contributed by atoms with Crippen LogP contribution in [0.3, 0.4) is 0 Å². The van der Waals surface area contributed by atoms with Crippen LogP contribution in [0.25, 0.3) is 0 Å². The summed E-state index contributed by atoms with van der Waals surface area (Å²) in [7, 11) is 1.52. The number of hydrogen-bond donors (Lipinski definition) is 2. The summed E-state index contributed by atoms with van der Waals surface area (Å²) in [6.45, 7) is 1.29. The van der Waals surface area contributed by atoms with Crippen molar-refractivity contribution in [3.63, 3.8) is 0 Å². The van der Waals surface area contributed by atoms with E-state index >= 15 is 0 Å². The fraction of sp³-hybridized carbons (Fsp3) is 0.286. The Morgan fingerprint density at radius 3 is 2.60 bits per heavy atom. The van der Waals surface area contributed by atoms with Gasteiger partial charge in [-0.1, -0.05) is 35.9 Å². The number of halogens is 1. The number of anilines is 1. The third-order valence-corrected chi connectivity index (χ3v) is 3.10. The lowest BCUT2D eigenvalue weighted by Gasteiger charge is -2.09. The van der Waals surface area contributed by atoms with Crippen molar-refractivity contribution in [1.82, 2.24) is 9.97 Å². The summed E-state index contributed by atoms with van der Waals surface area (Å²) in [6, 6.07) is 8.56. The molecule has 1 aromatic carbocycles. The van der Waals surface area contributed by atoms with Crippen molar-refractivity contribution >= 4 is 17.4 Å². The molecule has 0 saturated carbocycles. The van der Waals surface area contributed by atoms with Gasteiger partial charge in [0.2, 0.25) is 0 Å². The van der Waals surface area contributed by atoms with E-state index in [0.29, 0.717) is 23.9 Å². The first kappa shape index (κ1) is 14.6. The van der Waals surface area contributed by atoms with Gasteiger partial charge in [-0.05, 0) is 24.1 Å². The molecule has 1 heterocycles. The van der Waals surface area contributed by atoms with Crippen LogP contribution in [-0.4, -0.2) is 23.6 Å². The van der Waals surface area contributed by atoms with Gasteiger partial charge in [-0.15, -0.1) is 0 Å². The zero-order valence-electron chi connectivity index (χ0n) is 11.3. The first-order chi connectivity index (χ1) is 9.72.